The Morgan fingerprint density at radius 3 is 3.00 bits per heavy atom. The van der Waals surface area contributed by atoms with Gasteiger partial charge in [0.25, 0.3) is 0 Å². The number of carbonyl (C=O) groups is 1. The first-order chi connectivity index (χ1) is 8.13. The van der Waals surface area contributed by atoms with Gasteiger partial charge in [-0.15, -0.1) is 0 Å². The SMILES string of the molecule is CCNC(C(=O)O)c1cc(Br)c2c(c1)OCO2. The molecule has 2 rings (SSSR count). The average molecular weight is 302 g/mol. The van der Waals surface area contributed by atoms with Crippen molar-refractivity contribution < 1.29 is 19.4 Å². The van der Waals surface area contributed by atoms with E-state index in [4.69, 9.17) is 14.6 Å². The van der Waals surface area contributed by atoms with Crippen molar-refractivity contribution in [1.82, 2.24) is 5.32 Å². The second-order valence-electron chi connectivity index (χ2n) is 3.57. The van der Waals surface area contributed by atoms with E-state index in [9.17, 15) is 4.79 Å². The standard InChI is InChI=1S/C11H12BrNO4/c1-2-13-9(11(14)15)6-3-7(12)10-8(4-6)16-5-17-10/h3-4,9,13H,2,5H2,1H3,(H,14,15). The molecule has 92 valence electrons. The lowest BCUT2D eigenvalue weighted by molar-refractivity contribution is -0.139. The van der Waals surface area contributed by atoms with Crippen LogP contribution in [0.2, 0.25) is 0 Å². The third-order valence-electron chi connectivity index (χ3n) is 2.44. The maximum absolute atomic E-state index is 11.2. The van der Waals surface area contributed by atoms with E-state index in [-0.39, 0.29) is 6.79 Å². The zero-order valence-corrected chi connectivity index (χ0v) is 10.8. The first-order valence-corrected chi connectivity index (χ1v) is 5.98. The Labute approximate surface area is 107 Å². The van der Waals surface area contributed by atoms with Crippen LogP contribution in [0.3, 0.4) is 0 Å². The summed E-state index contributed by atoms with van der Waals surface area (Å²) in [4.78, 5) is 11.2. The van der Waals surface area contributed by atoms with Crippen molar-refractivity contribution in [3.63, 3.8) is 0 Å². The number of ether oxygens (including phenoxy) is 2. The quantitative estimate of drug-likeness (QED) is 0.889. The van der Waals surface area contributed by atoms with Crippen LogP contribution < -0.4 is 14.8 Å². The molecule has 0 radical (unpaired) electrons. The first-order valence-electron chi connectivity index (χ1n) is 5.18. The summed E-state index contributed by atoms with van der Waals surface area (Å²) in [6.07, 6.45) is 0. The van der Waals surface area contributed by atoms with Crippen LogP contribution >= 0.6 is 15.9 Å². The predicted octanol–water partition coefficient (Wildman–Crippen LogP) is 1.91. The third-order valence-corrected chi connectivity index (χ3v) is 3.03. The highest BCUT2D eigenvalue weighted by molar-refractivity contribution is 9.10. The second kappa shape index (κ2) is 4.93. The number of aliphatic carboxylic acids is 1. The Morgan fingerprint density at radius 1 is 1.59 bits per heavy atom. The minimum atomic E-state index is -0.919. The number of hydrogen-bond donors (Lipinski definition) is 2. The number of carboxylic acid groups (broad SMARTS) is 1. The third kappa shape index (κ3) is 2.37. The first kappa shape index (κ1) is 12.2. The maximum atomic E-state index is 11.2. The summed E-state index contributed by atoms with van der Waals surface area (Å²) in [5, 5.41) is 12.0. The van der Waals surface area contributed by atoms with Gasteiger partial charge in [-0.3, -0.25) is 4.79 Å². The van der Waals surface area contributed by atoms with E-state index in [0.29, 0.717) is 28.1 Å². The fraction of sp³-hybridized carbons (Fsp3) is 0.364. The van der Waals surface area contributed by atoms with Crippen molar-refractivity contribution in [1.29, 1.82) is 0 Å². The summed E-state index contributed by atoms with van der Waals surface area (Å²) in [6.45, 7) is 2.59. The monoisotopic (exact) mass is 301 g/mol. The van der Waals surface area contributed by atoms with Crippen molar-refractivity contribution in [3.05, 3.63) is 22.2 Å². The molecule has 5 nitrogen and oxygen atoms in total. The lowest BCUT2D eigenvalue weighted by atomic mass is 10.1. The molecule has 0 aliphatic carbocycles. The molecule has 0 bridgehead atoms. The number of hydrogen-bond acceptors (Lipinski definition) is 4. The van der Waals surface area contributed by atoms with Gasteiger partial charge in [0.2, 0.25) is 6.79 Å². The largest absolute Gasteiger partial charge is 0.480 e. The molecule has 0 aromatic heterocycles. The molecule has 1 unspecified atom stereocenters. The number of fused-ring (bicyclic) bond motifs is 1. The summed E-state index contributed by atoms with van der Waals surface area (Å²) < 4.78 is 11.2. The van der Waals surface area contributed by atoms with Gasteiger partial charge in [-0.25, -0.2) is 0 Å². The van der Waals surface area contributed by atoms with Gasteiger partial charge in [0.05, 0.1) is 4.47 Å². The molecule has 1 aliphatic heterocycles. The fourth-order valence-electron chi connectivity index (χ4n) is 1.71. The molecular formula is C11H12BrNO4. The number of nitrogens with one attached hydrogen (secondary N) is 1. The number of rotatable bonds is 4. The molecule has 17 heavy (non-hydrogen) atoms. The highest BCUT2D eigenvalue weighted by Crippen LogP contribution is 2.41. The Balaban J connectivity index is 2.38. The molecule has 0 fully saturated rings. The van der Waals surface area contributed by atoms with Gasteiger partial charge in [-0.2, -0.15) is 0 Å². The highest BCUT2D eigenvalue weighted by atomic mass is 79.9. The van der Waals surface area contributed by atoms with Crippen molar-refractivity contribution in [2.24, 2.45) is 0 Å². The highest BCUT2D eigenvalue weighted by Gasteiger charge is 2.24. The van der Waals surface area contributed by atoms with E-state index in [2.05, 4.69) is 21.2 Å². The van der Waals surface area contributed by atoms with Crippen LogP contribution in [0.5, 0.6) is 11.5 Å². The molecular weight excluding hydrogens is 290 g/mol. The van der Waals surface area contributed by atoms with Gasteiger partial charge in [-0.1, -0.05) is 6.92 Å². The van der Waals surface area contributed by atoms with Crippen LogP contribution in [-0.4, -0.2) is 24.4 Å². The van der Waals surface area contributed by atoms with Crippen molar-refractivity contribution in [2.45, 2.75) is 13.0 Å². The molecule has 0 saturated heterocycles. The zero-order chi connectivity index (χ0) is 12.4. The van der Waals surface area contributed by atoms with E-state index in [0.717, 1.165) is 0 Å². The molecule has 6 heteroatoms. The summed E-state index contributed by atoms with van der Waals surface area (Å²) in [7, 11) is 0. The van der Waals surface area contributed by atoms with Gasteiger partial charge < -0.3 is 19.9 Å². The molecule has 2 N–H and O–H groups in total. The van der Waals surface area contributed by atoms with Crippen molar-refractivity contribution in [2.75, 3.05) is 13.3 Å². The number of likely N-dealkylation sites (N-methyl/N-ethyl adjacent to an activating group) is 1. The van der Waals surface area contributed by atoms with Gasteiger partial charge in [0.1, 0.15) is 6.04 Å². The van der Waals surface area contributed by atoms with E-state index in [1.807, 2.05) is 6.92 Å². The Hall–Kier alpha value is -1.27. The summed E-state index contributed by atoms with van der Waals surface area (Å²) in [5.41, 5.74) is 0.635. The Morgan fingerprint density at radius 2 is 2.35 bits per heavy atom. The lowest BCUT2D eigenvalue weighted by Crippen LogP contribution is -2.28. The van der Waals surface area contributed by atoms with Gasteiger partial charge in [0.15, 0.2) is 11.5 Å². The minimum Gasteiger partial charge on any atom is -0.480 e. The molecule has 1 aromatic rings. The van der Waals surface area contributed by atoms with Crippen LogP contribution in [-0.2, 0) is 4.79 Å². The Kier molecular flexibility index (Phi) is 3.54. The molecule has 1 atom stereocenters. The van der Waals surface area contributed by atoms with Crippen LogP contribution in [0, 0.1) is 0 Å². The molecule has 1 aliphatic rings. The van der Waals surface area contributed by atoms with Crippen molar-refractivity contribution >= 4 is 21.9 Å². The maximum Gasteiger partial charge on any atom is 0.325 e. The topological polar surface area (TPSA) is 67.8 Å². The van der Waals surface area contributed by atoms with E-state index < -0.39 is 12.0 Å². The number of benzene rings is 1. The minimum absolute atomic E-state index is 0.163. The van der Waals surface area contributed by atoms with Gasteiger partial charge >= 0.3 is 5.97 Å². The molecule has 1 heterocycles. The summed E-state index contributed by atoms with van der Waals surface area (Å²) in [6, 6.07) is 2.68. The molecule has 0 spiro atoms. The zero-order valence-electron chi connectivity index (χ0n) is 9.20. The number of halogens is 1. The summed E-state index contributed by atoms with van der Waals surface area (Å²) >= 11 is 3.34. The predicted molar refractivity (Wildman–Crippen MR) is 64.3 cm³/mol. The molecule has 0 amide bonds. The van der Waals surface area contributed by atoms with Crippen LogP contribution in [0.4, 0.5) is 0 Å². The second-order valence-corrected chi connectivity index (χ2v) is 4.42. The van der Waals surface area contributed by atoms with Crippen LogP contribution in [0.1, 0.15) is 18.5 Å². The normalized spacial score (nSPS) is 14.7. The van der Waals surface area contributed by atoms with E-state index in [1.54, 1.807) is 12.1 Å². The molecule has 0 saturated carbocycles. The lowest BCUT2D eigenvalue weighted by Gasteiger charge is -2.14. The number of carboxylic acids is 1. The van der Waals surface area contributed by atoms with Gasteiger partial charge in [-0.05, 0) is 40.2 Å². The fourth-order valence-corrected chi connectivity index (χ4v) is 2.28. The van der Waals surface area contributed by atoms with Crippen LogP contribution in [0.25, 0.3) is 0 Å². The van der Waals surface area contributed by atoms with Gasteiger partial charge in [0, 0.05) is 0 Å². The summed E-state index contributed by atoms with van der Waals surface area (Å²) in [5.74, 6) is 0.269. The Bertz CT molecular complexity index is 449. The average Bonchev–Trinajstić information content (AvgIpc) is 2.73. The van der Waals surface area contributed by atoms with E-state index in [1.165, 1.54) is 0 Å². The van der Waals surface area contributed by atoms with E-state index >= 15 is 0 Å². The smallest absolute Gasteiger partial charge is 0.325 e. The van der Waals surface area contributed by atoms with Crippen molar-refractivity contribution in [3.8, 4) is 11.5 Å². The molecule has 1 aromatic carbocycles. The van der Waals surface area contributed by atoms with Crippen LogP contribution in [0.15, 0.2) is 16.6 Å².